The lowest BCUT2D eigenvalue weighted by Crippen LogP contribution is -2.45. The molecule has 1 aliphatic carbocycles. The Morgan fingerprint density at radius 1 is 1.26 bits per heavy atom. The molecule has 1 aliphatic rings. The molecular formula is C16H20N2O. The topological polar surface area (TPSA) is 52.9 Å². The van der Waals surface area contributed by atoms with Crippen LogP contribution in [0.5, 0.6) is 0 Å². The van der Waals surface area contributed by atoms with Gasteiger partial charge in [0.15, 0.2) is 0 Å². The Kier molecular flexibility index (Phi) is 3.90. The van der Waals surface area contributed by atoms with Gasteiger partial charge in [0, 0.05) is 5.56 Å². The molecule has 2 rings (SSSR count). The van der Waals surface area contributed by atoms with Crippen molar-refractivity contribution in [3.63, 3.8) is 0 Å². The van der Waals surface area contributed by atoms with Crippen LogP contribution in [-0.4, -0.2) is 11.4 Å². The zero-order valence-electron chi connectivity index (χ0n) is 11.6. The summed E-state index contributed by atoms with van der Waals surface area (Å²) >= 11 is 0. The molecule has 100 valence electrons. The Morgan fingerprint density at radius 2 is 1.84 bits per heavy atom. The van der Waals surface area contributed by atoms with Gasteiger partial charge in [-0.2, -0.15) is 5.26 Å². The average molecular weight is 256 g/mol. The van der Waals surface area contributed by atoms with Crippen LogP contribution in [0.3, 0.4) is 0 Å². The molecular weight excluding hydrogens is 236 g/mol. The highest BCUT2D eigenvalue weighted by molar-refractivity contribution is 5.95. The number of hydrogen-bond donors (Lipinski definition) is 1. The van der Waals surface area contributed by atoms with E-state index in [0.717, 1.165) is 25.7 Å². The summed E-state index contributed by atoms with van der Waals surface area (Å²) in [5.74, 6) is 0.316. The summed E-state index contributed by atoms with van der Waals surface area (Å²) in [6.45, 7) is 4.25. The lowest BCUT2D eigenvalue weighted by molar-refractivity contribution is 0.0920. The third kappa shape index (κ3) is 2.96. The number of benzene rings is 1. The molecule has 1 N–H and O–H groups in total. The Bertz CT molecular complexity index is 490. The van der Waals surface area contributed by atoms with E-state index in [9.17, 15) is 10.1 Å². The van der Waals surface area contributed by atoms with Crippen molar-refractivity contribution in [2.24, 2.45) is 0 Å². The maximum absolute atomic E-state index is 12.2. The van der Waals surface area contributed by atoms with Crippen molar-refractivity contribution in [1.82, 2.24) is 5.32 Å². The van der Waals surface area contributed by atoms with E-state index in [-0.39, 0.29) is 5.91 Å². The van der Waals surface area contributed by atoms with Gasteiger partial charge in [-0.25, -0.2) is 0 Å². The van der Waals surface area contributed by atoms with Crippen molar-refractivity contribution < 1.29 is 4.79 Å². The number of carbonyl (C=O) groups excluding carboxylic acids is 1. The third-order valence-corrected chi connectivity index (χ3v) is 3.86. The van der Waals surface area contributed by atoms with E-state index in [1.165, 1.54) is 5.56 Å². The van der Waals surface area contributed by atoms with Crippen molar-refractivity contribution >= 4 is 5.91 Å². The Labute approximate surface area is 114 Å². The molecule has 0 unspecified atom stereocenters. The summed E-state index contributed by atoms with van der Waals surface area (Å²) in [7, 11) is 0. The number of hydrogen-bond acceptors (Lipinski definition) is 2. The number of carbonyl (C=O) groups is 1. The number of rotatable bonds is 3. The molecule has 1 saturated carbocycles. The van der Waals surface area contributed by atoms with Crippen molar-refractivity contribution in [2.75, 3.05) is 0 Å². The van der Waals surface area contributed by atoms with E-state index < -0.39 is 5.54 Å². The third-order valence-electron chi connectivity index (χ3n) is 3.86. The van der Waals surface area contributed by atoms with E-state index in [2.05, 4.69) is 25.2 Å². The van der Waals surface area contributed by atoms with E-state index in [1.807, 2.05) is 24.3 Å². The summed E-state index contributed by atoms with van der Waals surface area (Å²) < 4.78 is 0. The van der Waals surface area contributed by atoms with Gasteiger partial charge in [-0.15, -0.1) is 0 Å². The van der Waals surface area contributed by atoms with Crippen LogP contribution in [0.25, 0.3) is 0 Å². The van der Waals surface area contributed by atoms with E-state index in [0.29, 0.717) is 11.5 Å². The highest BCUT2D eigenvalue weighted by Crippen LogP contribution is 2.29. The van der Waals surface area contributed by atoms with Crippen LogP contribution in [0.2, 0.25) is 0 Å². The molecule has 1 aromatic carbocycles. The standard InChI is InChI=1S/C16H20N2O/c1-12(2)13-5-7-14(8-6-13)15(19)18-16(11-17)9-3-4-10-16/h5-8,12H,3-4,9-10H2,1-2H3,(H,18,19). The number of nitrogens with zero attached hydrogens (tertiary/aromatic N) is 1. The van der Waals surface area contributed by atoms with Gasteiger partial charge in [0.2, 0.25) is 0 Å². The molecule has 3 heteroatoms. The highest BCUT2D eigenvalue weighted by atomic mass is 16.1. The first kappa shape index (κ1) is 13.6. The highest BCUT2D eigenvalue weighted by Gasteiger charge is 2.35. The predicted molar refractivity (Wildman–Crippen MR) is 74.8 cm³/mol. The molecule has 0 heterocycles. The predicted octanol–water partition coefficient (Wildman–Crippen LogP) is 3.38. The molecule has 0 saturated heterocycles. The van der Waals surface area contributed by atoms with E-state index in [4.69, 9.17) is 0 Å². The zero-order chi connectivity index (χ0) is 13.9. The normalized spacial score (nSPS) is 17.2. The number of nitrogens with one attached hydrogen (secondary N) is 1. The van der Waals surface area contributed by atoms with Gasteiger partial charge in [-0.05, 0) is 49.3 Å². The average Bonchev–Trinajstić information content (AvgIpc) is 2.88. The maximum Gasteiger partial charge on any atom is 0.252 e. The molecule has 0 aliphatic heterocycles. The molecule has 3 nitrogen and oxygen atoms in total. The van der Waals surface area contributed by atoms with E-state index >= 15 is 0 Å². The van der Waals surface area contributed by atoms with Crippen LogP contribution in [-0.2, 0) is 0 Å². The van der Waals surface area contributed by atoms with Gasteiger partial charge >= 0.3 is 0 Å². The molecule has 0 radical (unpaired) electrons. The fourth-order valence-electron chi connectivity index (χ4n) is 2.55. The summed E-state index contributed by atoms with van der Waals surface area (Å²) in [6, 6.07) is 9.91. The summed E-state index contributed by atoms with van der Waals surface area (Å²) in [5, 5.41) is 12.2. The Balaban J connectivity index is 2.10. The zero-order valence-corrected chi connectivity index (χ0v) is 11.6. The first-order valence-corrected chi connectivity index (χ1v) is 6.90. The number of amides is 1. The van der Waals surface area contributed by atoms with Crippen molar-refractivity contribution in [1.29, 1.82) is 5.26 Å². The molecule has 1 aromatic rings. The van der Waals surface area contributed by atoms with Crippen LogP contribution < -0.4 is 5.32 Å². The molecule has 0 spiro atoms. The van der Waals surface area contributed by atoms with Gasteiger partial charge in [0.05, 0.1) is 6.07 Å². The summed E-state index contributed by atoms with van der Waals surface area (Å²) in [6.07, 6.45) is 3.55. The Hall–Kier alpha value is -1.82. The molecule has 0 aromatic heterocycles. The maximum atomic E-state index is 12.2. The number of nitriles is 1. The second-order valence-electron chi connectivity index (χ2n) is 5.63. The van der Waals surface area contributed by atoms with Crippen molar-refractivity contribution in [3.05, 3.63) is 35.4 Å². The minimum atomic E-state index is -0.645. The van der Waals surface area contributed by atoms with E-state index in [1.54, 1.807) is 0 Å². The van der Waals surface area contributed by atoms with Gasteiger partial charge in [0.1, 0.15) is 5.54 Å². The first-order chi connectivity index (χ1) is 9.06. The van der Waals surface area contributed by atoms with Crippen LogP contribution in [0, 0.1) is 11.3 Å². The Morgan fingerprint density at radius 3 is 2.32 bits per heavy atom. The van der Waals surface area contributed by atoms with Crippen LogP contribution in [0.1, 0.15) is 61.4 Å². The van der Waals surface area contributed by atoms with Crippen molar-refractivity contribution in [2.45, 2.75) is 51.0 Å². The summed E-state index contributed by atoms with van der Waals surface area (Å²) in [5.41, 5.74) is 1.20. The second-order valence-corrected chi connectivity index (χ2v) is 5.63. The molecule has 0 bridgehead atoms. The van der Waals surface area contributed by atoms with Crippen LogP contribution >= 0.6 is 0 Å². The molecule has 19 heavy (non-hydrogen) atoms. The smallest absolute Gasteiger partial charge is 0.252 e. The van der Waals surface area contributed by atoms with Crippen LogP contribution in [0.15, 0.2) is 24.3 Å². The first-order valence-electron chi connectivity index (χ1n) is 6.90. The van der Waals surface area contributed by atoms with Crippen LogP contribution in [0.4, 0.5) is 0 Å². The van der Waals surface area contributed by atoms with Gasteiger partial charge < -0.3 is 5.32 Å². The molecule has 1 fully saturated rings. The molecule has 1 amide bonds. The quantitative estimate of drug-likeness (QED) is 0.901. The van der Waals surface area contributed by atoms with Crippen molar-refractivity contribution in [3.8, 4) is 6.07 Å². The lowest BCUT2D eigenvalue weighted by Gasteiger charge is -2.22. The fraction of sp³-hybridized carbons (Fsp3) is 0.500. The monoisotopic (exact) mass is 256 g/mol. The van der Waals surface area contributed by atoms with Gasteiger partial charge in [-0.3, -0.25) is 4.79 Å². The molecule has 0 atom stereocenters. The van der Waals surface area contributed by atoms with Gasteiger partial charge in [-0.1, -0.05) is 26.0 Å². The summed E-state index contributed by atoms with van der Waals surface area (Å²) in [4.78, 5) is 12.2. The SMILES string of the molecule is CC(C)c1ccc(C(=O)NC2(C#N)CCCC2)cc1. The second kappa shape index (κ2) is 5.44. The minimum Gasteiger partial charge on any atom is -0.334 e. The lowest BCUT2D eigenvalue weighted by atomic mass is 9.98. The largest absolute Gasteiger partial charge is 0.334 e. The van der Waals surface area contributed by atoms with Gasteiger partial charge in [0.25, 0.3) is 5.91 Å². The fourth-order valence-corrected chi connectivity index (χ4v) is 2.55. The minimum absolute atomic E-state index is 0.140.